The van der Waals surface area contributed by atoms with Crippen LogP contribution in [0.5, 0.6) is 0 Å². The number of hydrogen-bond donors (Lipinski definition) is 1. The molecule has 1 saturated heterocycles. The molecule has 1 aliphatic rings. The van der Waals surface area contributed by atoms with Crippen molar-refractivity contribution in [3.05, 3.63) is 42.9 Å². The van der Waals surface area contributed by atoms with Gasteiger partial charge in [0, 0.05) is 13.1 Å². The van der Waals surface area contributed by atoms with Crippen molar-refractivity contribution in [3.63, 3.8) is 0 Å². The zero-order valence-corrected chi connectivity index (χ0v) is 13.6. The van der Waals surface area contributed by atoms with Crippen LogP contribution in [0, 0.1) is 0 Å². The van der Waals surface area contributed by atoms with E-state index in [-0.39, 0.29) is 12.5 Å². The summed E-state index contributed by atoms with van der Waals surface area (Å²) < 4.78 is 7.03. The standard InChI is InChI=1S/C17H18N6O2/c24-15(22-6-8-25-9-7-22)11-18-16-14-10-21-23(17(14)20-12-19-16)13-4-2-1-3-5-13/h1-5,10,12H,6-9,11H2,(H,18,19,20). The molecule has 4 rings (SSSR count). The van der Waals surface area contributed by atoms with Crippen LogP contribution in [0.4, 0.5) is 5.82 Å². The van der Waals surface area contributed by atoms with Crippen molar-refractivity contribution in [2.24, 2.45) is 0 Å². The molecule has 8 nitrogen and oxygen atoms in total. The summed E-state index contributed by atoms with van der Waals surface area (Å²) in [5, 5.41) is 8.30. The number of benzene rings is 1. The van der Waals surface area contributed by atoms with Gasteiger partial charge in [-0.15, -0.1) is 0 Å². The molecular formula is C17H18N6O2. The van der Waals surface area contributed by atoms with Crippen molar-refractivity contribution in [1.29, 1.82) is 0 Å². The second-order valence-corrected chi connectivity index (χ2v) is 5.70. The number of para-hydroxylation sites is 1. The first-order valence-electron chi connectivity index (χ1n) is 8.16. The molecule has 0 spiro atoms. The Kier molecular flexibility index (Phi) is 4.26. The van der Waals surface area contributed by atoms with Gasteiger partial charge < -0.3 is 15.0 Å². The molecule has 1 amide bonds. The Morgan fingerprint density at radius 1 is 1.16 bits per heavy atom. The summed E-state index contributed by atoms with van der Waals surface area (Å²) in [7, 11) is 0. The predicted octanol–water partition coefficient (Wildman–Crippen LogP) is 1.09. The van der Waals surface area contributed by atoms with Crippen molar-refractivity contribution in [3.8, 4) is 5.69 Å². The summed E-state index contributed by atoms with van der Waals surface area (Å²) >= 11 is 0. The molecule has 1 fully saturated rings. The highest BCUT2D eigenvalue weighted by atomic mass is 16.5. The number of ether oxygens (including phenoxy) is 1. The number of nitrogens with zero attached hydrogens (tertiary/aromatic N) is 5. The molecule has 1 aliphatic heterocycles. The number of rotatable bonds is 4. The molecule has 0 unspecified atom stereocenters. The molecule has 128 valence electrons. The first-order valence-corrected chi connectivity index (χ1v) is 8.16. The van der Waals surface area contributed by atoms with Crippen molar-refractivity contribution in [2.45, 2.75) is 0 Å². The van der Waals surface area contributed by atoms with Crippen molar-refractivity contribution < 1.29 is 9.53 Å². The molecule has 25 heavy (non-hydrogen) atoms. The zero-order chi connectivity index (χ0) is 17.1. The van der Waals surface area contributed by atoms with Crippen LogP contribution >= 0.6 is 0 Å². The minimum absolute atomic E-state index is 0.0329. The molecule has 3 heterocycles. The molecular weight excluding hydrogens is 320 g/mol. The molecule has 0 aliphatic carbocycles. The third kappa shape index (κ3) is 3.16. The number of anilines is 1. The Bertz CT molecular complexity index is 873. The van der Waals surface area contributed by atoms with Gasteiger partial charge in [-0.25, -0.2) is 14.6 Å². The van der Waals surface area contributed by atoms with E-state index in [0.29, 0.717) is 37.8 Å². The Labute approximate surface area is 144 Å². The minimum Gasteiger partial charge on any atom is -0.378 e. The van der Waals surface area contributed by atoms with E-state index in [9.17, 15) is 4.79 Å². The Morgan fingerprint density at radius 3 is 2.76 bits per heavy atom. The molecule has 1 aromatic carbocycles. The number of fused-ring (bicyclic) bond motifs is 1. The van der Waals surface area contributed by atoms with E-state index in [1.807, 2.05) is 30.3 Å². The lowest BCUT2D eigenvalue weighted by atomic mass is 10.3. The molecule has 0 atom stereocenters. The maximum Gasteiger partial charge on any atom is 0.242 e. The summed E-state index contributed by atoms with van der Waals surface area (Å²) in [6.45, 7) is 2.63. The summed E-state index contributed by atoms with van der Waals surface area (Å²) in [5.74, 6) is 0.638. The average molecular weight is 338 g/mol. The molecule has 0 bridgehead atoms. The first kappa shape index (κ1) is 15.5. The van der Waals surface area contributed by atoms with Crippen LogP contribution in [-0.4, -0.2) is 63.4 Å². The third-order valence-electron chi connectivity index (χ3n) is 4.14. The SMILES string of the molecule is O=C(CNc1ncnc2c1cnn2-c1ccccc1)N1CCOCC1. The maximum absolute atomic E-state index is 12.3. The van der Waals surface area contributed by atoms with Gasteiger partial charge in [0.05, 0.1) is 37.0 Å². The van der Waals surface area contributed by atoms with Crippen molar-refractivity contribution in [2.75, 3.05) is 38.2 Å². The van der Waals surface area contributed by atoms with E-state index in [4.69, 9.17) is 4.74 Å². The Hall–Kier alpha value is -3.00. The van der Waals surface area contributed by atoms with Crippen LogP contribution in [-0.2, 0) is 9.53 Å². The van der Waals surface area contributed by atoms with Crippen LogP contribution < -0.4 is 5.32 Å². The summed E-state index contributed by atoms with van der Waals surface area (Å²) in [4.78, 5) is 22.7. The van der Waals surface area contributed by atoms with Crippen LogP contribution in [0.3, 0.4) is 0 Å². The van der Waals surface area contributed by atoms with Crippen LogP contribution in [0.1, 0.15) is 0 Å². The summed E-state index contributed by atoms with van der Waals surface area (Å²) in [6, 6.07) is 9.77. The average Bonchev–Trinajstić information content (AvgIpc) is 3.12. The van der Waals surface area contributed by atoms with Gasteiger partial charge in [0.25, 0.3) is 0 Å². The number of hydrogen-bond acceptors (Lipinski definition) is 6. The summed E-state index contributed by atoms with van der Waals surface area (Å²) in [5.41, 5.74) is 1.62. The topological polar surface area (TPSA) is 85.2 Å². The lowest BCUT2D eigenvalue weighted by Gasteiger charge is -2.26. The third-order valence-corrected chi connectivity index (χ3v) is 4.14. The highest BCUT2D eigenvalue weighted by Gasteiger charge is 2.17. The lowest BCUT2D eigenvalue weighted by molar-refractivity contribution is -0.133. The predicted molar refractivity (Wildman–Crippen MR) is 92.5 cm³/mol. The molecule has 8 heteroatoms. The molecule has 2 aromatic heterocycles. The number of carbonyl (C=O) groups excluding carboxylic acids is 1. The molecule has 1 N–H and O–H groups in total. The number of amides is 1. The smallest absolute Gasteiger partial charge is 0.242 e. The number of aromatic nitrogens is 4. The van der Waals surface area contributed by atoms with Crippen LogP contribution in [0.15, 0.2) is 42.9 Å². The lowest BCUT2D eigenvalue weighted by Crippen LogP contribution is -2.43. The van der Waals surface area contributed by atoms with Gasteiger partial charge in [-0.05, 0) is 12.1 Å². The van der Waals surface area contributed by atoms with E-state index < -0.39 is 0 Å². The largest absolute Gasteiger partial charge is 0.378 e. The van der Waals surface area contributed by atoms with Crippen LogP contribution in [0.2, 0.25) is 0 Å². The van der Waals surface area contributed by atoms with E-state index in [1.165, 1.54) is 6.33 Å². The van der Waals surface area contributed by atoms with E-state index in [0.717, 1.165) is 11.1 Å². The molecule has 3 aromatic rings. The van der Waals surface area contributed by atoms with Crippen LogP contribution in [0.25, 0.3) is 16.7 Å². The number of carbonyl (C=O) groups is 1. The van der Waals surface area contributed by atoms with Gasteiger partial charge >= 0.3 is 0 Å². The Morgan fingerprint density at radius 2 is 1.96 bits per heavy atom. The van der Waals surface area contributed by atoms with E-state index in [1.54, 1.807) is 15.8 Å². The first-order chi connectivity index (χ1) is 12.3. The fraction of sp³-hybridized carbons (Fsp3) is 0.294. The maximum atomic E-state index is 12.3. The van der Waals surface area contributed by atoms with E-state index >= 15 is 0 Å². The number of nitrogens with one attached hydrogen (secondary N) is 1. The highest BCUT2D eigenvalue weighted by Crippen LogP contribution is 2.21. The fourth-order valence-electron chi connectivity index (χ4n) is 2.83. The van der Waals surface area contributed by atoms with Gasteiger partial charge in [0.1, 0.15) is 12.1 Å². The normalized spacial score (nSPS) is 14.6. The van der Waals surface area contributed by atoms with Gasteiger partial charge in [0.2, 0.25) is 5.91 Å². The molecule has 0 saturated carbocycles. The second-order valence-electron chi connectivity index (χ2n) is 5.70. The summed E-state index contributed by atoms with van der Waals surface area (Å²) in [6.07, 6.45) is 3.19. The monoisotopic (exact) mass is 338 g/mol. The number of morpholine rings is 1. The Balaban J connectivity index is 1.54. The van der Waals surface area contributed by atoms with Gasteiger partial charge in [-0.3, -0.25) is 4.79 Å². The van der Waals surface area contributed by atoms with E-state index in [2.05, 4.69) is 20.4 Å². The fourth-order valence-corrected chi connectivity index (χ4v) is 2.83. The van der Waals surface area contributed by atoms with Gasteiger partial charge in [-0.2, -0.15) is 5.10 Å². The second kappa shape index (κ2) is 6.86. The molecule has 0 radical (unpaired) electrons. The highest BCUT2D eigenvalue weighted by molar-refractivity contribution is 5.89. The van der Waals surface area contributed by atoms with Gasteiger partial charge in [-0.1, -0.05) is 18.2 Å². The zero-order valence-electron chi connectivity index (χ0n) is 13.6. The van der Waals surface area contributed by atoms with Crippen molar-refractivity contribution >= 4 is 22.8 Å². The quantitative estimate of drug-likeness (QED) is 0.766. The van der Waals surface area contributed by atoms with Gasteiger partial charge in [0.15, 0.2) is 5.65 Å². The minimum atomic E-state index is 0.0329. The van der Waals surface area contributed by atoms with Crippen molar-refractivity contribution in [1.82, 2.24) is 24.6 Å².